The van der Waals surface area contributed by atoms with Crippen molar-refractivity contribution >= 4 is 11.3 Å². The molecule has 1 aromatic heterocycles. The monoisotopic (exact) mass is 262 g/mol. The topological polar surface area (TPSA) is 47.3 Å². The van der Waals surface area contributed by atoms with Crippen LogP contribution in [0.4, 0.5) is 0 Å². The van der Waals surface area contributed by atoms with E-state index in [0.29, 0.717) is 0 Å². The molecule has 0 bridgehead atoms. The van der Waals surface area contributed by atoms with Gasteiger partial charge in [-0.05, 0) is 42.0 Å². The van der Waals surface area contributed by atoms with Crippen molar-refractivity contribution in [3.05, 3.63) is 51.7 Å². The summed E-state index contributed by atoms with van der Waals surface area (Å²) in [4.78, 5) is 1.30. The van der Waals surface area contributed by atoms with Crippen molar-refractivity contribution in [2.75, 3.05) is 7.11 Å². The van der Waals surface area contributed by atoms with E-state index in [0.717, 1.165) is 17.7 Å². The predicted octanol–water partition coefficient (Wildman–Crippen LogP) is 2.81. The largest absolute Gasteiger partial charge is 0.496 e. The van der Waals surface area contributed by atoms with Gasteiger partial charge in [0.25, 0.3) is 0 Å². The molecule has 0 spiro atoms. The smallest absolute Gasteiger partial charge is 0.122 e. The van der Waals surface area contributed by atoms with Crippen molar-refractivity contribution < 1.29 is 4.74 Å². The Kier molecular flexibility index (Phi) is 4.36. The van der Waals surface area contributed by atoms with Gasteiger partial charge in [0.1, 0.15) is 5.75 Å². The molecule has 0 radical (unpaired) electrons. The maximum Gasteiger partial charge on any atom is 0.122 e. The highest BCUT2D eigenvalue weighted by atomic mass is 32.1. The Balaban J connectivity index is 2.23. The zero-order valence-electron chi connectivity index (χ0n) is 10.6. The molecule has 2 rings (SSSR count). The van der Waals surface area contributed by atoms with Crippen LogP contribution in [-0.2, 0) is 6.42 Å². The maximum atomic E-state index is 5.69. The number of methoxy groups -OCH3 is 1. The molecule has 0 fully saturated rings. The van der Waals surface area contributed by atoms with Crippen LogP contribution in [0.5, 0.6) is 5.75 Å². The quantitative estimate of drug-likeness (QED) is 0.643. The van der Waals surface area contributed by atoms with Gasteiger partial charge in [0.05, 0.1) is 13.2 Å². The first-order valence-electron chi connectivity index (χ1n) is 5.88. The lowest BCUT2D eigenvalue weighted by Crippen LogP contribution is -2.29. The Morgan fingerprint density at radius 2 is 2.11 bits per heavy atom. The first kappa shape index (κ1) is 13.1. The Labute approximate surface area is 112 Å². The molecule has 96 valence electrons. The highest BCUT2D eigenvalue weighted by Crippen LogP contribution is 2.28. The third-order valence-electron chi connectivity index (χ3n) is 3.09. The lowest BCUT2D eigenvalue weighted by Gasteiger charge is -2.17. The molecule has 0 amide bonds. The molecule has 3 N–H and O–H groups in total. The van der Waals surface area contributed by atoms with Gasteiger partial charge in [-0.25, -0.2) is 0 Å². The summed E-state index contributed by atoms with van der Waals surface area (Å²) in [6, 6.07) is 10.3. The second kappa shape index (κ2) is 6.00. The van der Waals surface area contributed by atoms with Crippen molar-refractivity contribution in [2.45, 2.75) is 19.4 Å². The number of hydrogen-bond donors (Lipinski definition) is 2. The van der Waals surface area contributed by atoms with E-state index in [1.54, 1.807) is 18.4 Å². The average molecular weight is 262 g/mol. The number of nitrogens with one attached hydrogen (secondary N) is 1. The Morgan fingerprint density at radius 1 is 1.33 bits per heavy atom. The molecule has 1 heterocycles. The van der Waals surface area contributed by atoms with Crippen LogP contribution in [-0.4, -0.2) is 7.11 Å². The van der Waals surface area contributed by atoms with E-state index in [2.05, 4.69) is 29.9 Å². The first-order chi connectivity index (χ1) is 8.76. The van der Waals surface area contributed by atoms with Gasteiger partial charge in [0.15, 0.2) is 0 Å². The van der Waals surface area contributed by atoms with Gasteiger partial charge in [-0.1, -0.05) is 18.2 Å². The summed E-state index contributed by atoms with van der Waals surface area (Å²) in [5, 5.41) is 2.09. The second-order valence-corrected chi connectivity index (χ2v) is 5.29. The Morgan fingerprint density at radius 3 is 2.72 bits per heavy atom. The van der Waals surface area contributed by atoms with Crippen LogP contribution in [0.2, 0.25) is 0 Å². The van der Waals surface area contributed by atoms with Gasteiger partial charge in [0.2, 0.25) is 0 Å². The van der Waals surface area contributed by atoms with E-state index in [-0.39, 0.29) is 6.04 Å². The molecule has 0 saturated carbocycles. The van der Waals surface area contributed by atoms with Crippen LogP contribution in [0.25, 0.3) is 0 Å². The van der Waals surface area contributed by atoms with Gasteiger partial charge < -0.3 is 4.74 Å². The van der Waals surface area contributed by atoms with Gasteiger partial charge >= 0.3 is 0 Å². The van der Waals surface area contributed by atoms with Crippen LogP contribution in [0.15, 0.2) is 35.7 Å². The SMILES string of the molecule is COc1ccccc1CC(NN)c1ccsc1C. The van der Waals surface area contributed by atoms with E-state index in [9.17, 15) is 0 Å². The summed E-state index contributed by atoms with van der Waals surface area (Å²) in [6.45, 7) is 2.12. The molecule has 18 heavy (non-hydrogen) atoms. The molecular formula is C14H18N2OS. The van der Waals surface area contributed by atoms with Crippen LogP contribution in [0, 0.1) is 6.92 Å². The van der Waals surface area contributed by atoms with Crippen molar-refractivity contribution in [3.63, 3.8) is 0 Å². The molecule has 1 aromatic carbocycles. The molecule has 1 atom stereocenters. The summed E-state index contributed by atoms with van der Waals surface area (Å²) in [7, 11) is 1.69. The number of hydrazine groups is 1. The minimum absolute atomic E-state index is 0.118. The molecule has 3 nitrogen and oxygen atoms in total. The number of nitrogens with two attached hydrogens (primary N) is 1. The van der Waals surface area contributed by atoms with Crippen LogP contribution in [0.1, 0.15) is 22.0 Å². The lowest BCUT2D eigenvalue weighted by molar-refractivity contribution is 0.405. The van der Waals surface area contributed by atoms with Crippen molar-refractivity contribution in [2.24, 2.45) is 5.84 Å². The molecule has 0 saturated heterocycles. The number of hydrogen-bond acceptors (Lipinski definition) is 4. The summed E-state index contributed by atoms with van der Waals surface area (Å²) in [5.41, 5.74) is 5.31. The molecular weight excluding hydrogens is 244 g/mol. The fourth-order valence-electron chi connectivity index (χ4n) is 2.11. The fourth-order valence-corrected chi connectivity index (χ4v) is 2.87. The van der Waals surface area contributed by atoms with Crippen LogP contribution >= 0.6 is 11.3 Å². The first-order valence-corrected chi connectivity index (χ1v) is 6.76. The van der Waals surface area contributed by atoms with Crippen molar-refractivity contribution in [3.8, 4) is 5.75 Å². The fraction of sp³-hybridized carbons (Fsp3) is 0.286. The van der Waals surface area contributed by atoms with Crippen LogP contribution < -0.4 is 16.0 Å². The van der Waals surface area contributed by atoms with Crippen LogP contribution in [0.3, 0.4) is 0 Å². The zero-order valence-corrected chi connectivity index (χ0v) is 11.5. The summed E-state index contributed by atoms with van der Waals surface area (Å²) in [5.74, 6) is 6.59. The minimum Gasteiger partial charge on any atom is -0.496 e. The summed E-state index contributed by atoms with van der Waals surface area (Å²) < 4.78 is 5.37. The highest BCUT2D eigenvalue weighted by Gasteiger charge is 2.15. The number of para-hydroxylation sites is 1. The molecule has 0 aliphatic carbocycles. The zero-order chi connectivity index (χ0) is 13.0. The molecule has 2 aromatic rings. The third-order valence-corrected chi connectivity index (χ3v) is 3.95. The molecule has 4 heteroatoms. The van der Waals surface area contributed by atoms with Crippen molar-refractivity contribution in [1.29, 1.82) is 0 Å². The molecule has 1 unspecified atom stereocenters. The van der Waals surface area contributed by atoms with E-state index in [4.69, 9.17) is 10.6 Å². The maximum absolute atomic E-state index is 5.69. The van der Waals surface area contributed by atoms with E-state index in [1.807, 2.05) is 18.2 Å². The van der Waals surface area contributed by atoms with Gasteiger partial charge in [0, 0.05) is 4.88 Å². The third kappa shape index (κ3) is 2.72. The summed E-state index contributed by atoms with van der Waals surface area (Å²) >= 11 is 1.74. The van der Waals surface area contributed by atoms with Gasteiger partial charge in [-0.2, -0.15) is 0 Å². The number of benzene rings is 1. The van der Waals surface area contributed by atoms with Gasteiger partial charge in [-0.15, -0.1) is 11.3 Å². The summed E-state index contributed by atoms with van der Waals surface area (Å²) in [6.07, 6.45) is 0.818. The minimum atomic E-state index is 0.118. The number of aryl methyl sites for hydroxylation is 1. The van der Waals surface area contributed by atoms with Crippen molar-refractivity contribution in [1.82, 2.24) is 5.43 Å². The number of thiophene rings is 1. The number of ether oxygens (including phenoxy) is 1. The molecule has 0 aliphatic heterocycles. The second-order valence-electron chi connectivity index (χ2n) is 4.17. The number of rotatable bonds is 5. The Bertz CT molecular complexity index is 510. The lowest BCUT2D eigenvalue weighted by atomic mass is 9.99. The average Bonchev–Trinajstić information content (AvgIpc) is 2.82. The van der Waals surface area contributed by atoms with E-state index in [1.165, 1.54) is 10.4 Å². The molecule has 0 aliphatic rings. The predicted molar refractivity (Wildman–Crippen MR) is 75.8 cm³/mol. The normalized spacial score (nSPS) is 12.4. The Hall–Kier alpha value is -1.36. The highest BCUT2D eigenvalue weighted by molar-refractivity contribution is 7.10. The van der Waals surface area contributed by atoms with E-state index >= 15 is 0 Å². The standard InChI is InChI=1S/C14H18N2OS/c1-10-12(7-8-18-10)13(16-15)9-11-5-3-4-6-14(11)17-2/h3-8,13,16H,9,15H2,1-2H3. The van der Waals surface area contributed by atoms with E-state index < -0.39 is 0 Å². The van der Waals surface area contributed by atoms with Gasteiger partial charge in [-0.3, -0.25) is 11.3 Å².